The molecule has 1 atom stereocenters. The monoisotopic (exact) mass is 264 g/mol. The van der Waals surface area contributed by atoms with Gasteiger partial charge in [-0.1, -0.05) is 26.7 Å². The second-order valence-electron chi connectivity index (χ2n) is 5.12. The zero-order chi connectivity index (χ0) is 14.6. The van der Waals surface area contributed by atoms with E-state index in [2.05, 4.69) is 31.1 Å². The largest absolute Gasteiger partial charge is 0.478 e. The minimum absolute atomic E-state index is 0.210. The first-order valence-electron chi connectivity index (χ1n) is 6.88. The van der Waals surface area contributed by atoms with Crippen LogP contribution in [-0.2, 0) is 0 Å². The SMILES string of the molecule is CCC(CC)C(C)Nc1nc(C)cc(C)c1C(=O)O. The van der Waals surface area contributed by atoms with E-state index in [0.29, 0.717) is 11.7 Å². The van der Waals surface area contributed by atoms with Gasteiger partial charge in [0.15, 0.2) is 0 Å². The maximum atomic E-state index is 11.4. The summed E-state index contributed by atoms with van der Waals surface area (Å²) in [6, 6.07) is 2.01. The normalized spacial score (nSPS) is 12.5. The maximum absolute atomic E-state index is 11.4. The van der Waals surface area contributed by atoms with Crippen molar-refractivity contribution in [1.29, 1.82) is 0 Å². The molecule has 0 saturated carbocycles. The minimum atomic E-state index is -0.927. The lowest BCUT2D eigenvalue weighted by Crippen LogP contribution is -2.27. The number of hydrogen-bond acceptors (Lipinski definition) is 3. The number of carbonyl (C=O) groups is 1. The quantitative estimate of drug-likeness (QED) is 0.823. The van der Waals surface area contributed by atoms with Gasteiger partial charge in [-0.3, -0.25) is 0 Å². The number of aryl methyl sites for hydroxylation is 2. The highest BCUT2D eigenvalue weighted by Crippen LogP contribution is 2.22. The number of aromatic carboxylic acids is 1. The van der Waals surface area contributed by atoms with E-state index in [9.17, 15) is 9.90 Å². The predicted octanol–water partition coefficient (Wildman–Crippen LogP) is 3.63. The first kappa shape index (κ1) is 15.5. The van der Waals surface area contributed by atoms with Gasteiger partial charge in [0.05, 0.1) is 0 Å². The number of anilines is 1. The molecule has 0 fully saturated rings. The number of nitrogens with zero attached hydrogens (tertiary/aromatic N) is 1. The number of pyridine rings is 1. The Morgan fingerprint density at radius 2 is 1.95 bits per heavy atom. The lowest BCUT2D eigenvalue weighted by molar-refractivity contribution is 0.0696. The van der Waals surface area contributed by atoms with Gasteiger partial charge in [-0.25, -0.2) is 9.78 Å². The molecule has 0 spiro atoms. The van der Waals surface area contributed by atoms with Crippen molar-refractivity contribution in [2.45, 2.75) is 53.5 Å². The van der Waals surface area contributed by atoms with Crippen LogP contribution in [0.3, 0.4) is 0 Å². The third-order valence-corrected chi connectivity index (χ3v) is 3.68. The van der Waals surface area contributed by atoms with Crippen molar-refractivity contribution in [2.24, 2.45) is 5.92 Å². The Morgan fingerprint density at radius 1 is 1.37 bits per heavy atom. The summed E-state index contributed by atoms with van der Waals surface area (Å²) in [6.07, 6.45) is 2.13. The summed E-state index contributed by atoms with van der Waals surface area (Å²) in [5, 5.41) is 12.6. The molecule has 1 unspecified atom stereocenters. The standard InChI is InChI=1S/C15H24N2O2/c1-6-12(7-2)11(5)17-14-13(15(18)19)9(3)8-10(4)16-14/h8,11-12H,6-7H2,1-5H3,(H,16,17)(H,18,19). The number of carboxylic acid groups (broad SMARTS) is 1. The Labute approximate surface area is 115 Å². The average molecular weight is 264 g/mol. The smallest absolute Gasteiger partial charge is 0.339 e. The fourth-order valence-electron chi connectivity index (χ4n) is 2.54. The van der Waals surface area contributed by atoms with Gasteiger partial charge < -0.3 is 10.4 Å². The van der Waals surface area contributed by atoms with Crippen molar-refractivity contribution in [3.63, 3.8) is 0 Å². The lowest BCUT2D eigenvalue weighted by Gasteiger charge is -2.24. The molecule has 1 aromatic rings. The van der Waals surface area contributed by atoms with Gasteiger partial charge in [-0.2, -0.15) is 0 Å². The van der Waals surface area contributed by atoms with Crippen LogP contribution in [0.4, 0.5) is 5.82 Å². The van der Waals surface area contributed by atoms with Gasteiger partial charge in [0.2, 0.25) is 0 Å². The molecule has 4 nitrogen and oxygen atoms in total. The van der Waals surface area contributed by atoms with Gasteiger partial charge >= 0.3 is 5.97 Å². The lowest BCUT2D eigenvalue weighted by atomic mass is 9.95. The Kier molecular flexibility index (Phi) is 5.33. The van der Waals surface area contributed by atoms with E-state index >= 15 is 0 Å². The number of carboxylic acids is 1. The van der Waals surface area contributed by atoms with E-state index in [0.717, 1.165) is 24.1 Å². The summed E-state index contributed by atoms with van der Waals surface area (Å²) in [5.41, 5.74) is 1.87. The molecule has 1 heterocycles. The van der Waals surface area contributed by atoms with Gasteiger partial charge in [0.25, 0.3) is 0 Å². The van der Waals surface area contributed by atoms with Gasteiger partial charge in [-0.05, 0) is 38.3 Å². The molecular formula is C15H24N2O2. The number of aromatic nitrogens is 1. The number of rotatable bonds is 6. The molecule has 4 heteroatoms. The third-order valence-electron chi connectivity index (χ3n) is 3.68. The van der Waals surface area contributed by atoms with Crippen molar-refractivity contribution in [3.8, 4) is 0 Å². The van der Waals surface area contributed by atoms with Crippen LogP contribution in [0.15, 0.2) is 6.07 Å². The van der Waals surface area contributed by atoms with Gasteiger partial charge in [-0.15, -0.1) is 0 Å². The molecule has 0 aliphatic carbocycles. The molecule has 0 aromatic carbocycles. The van der Waals surface area contributed by atoms with Crippen molar-refractivity contribution in [1.82, 2.24) is 4.98 Å². The molecule has 0 saturated heterocycles. The molecule has 0 amide bonds. The van der Waals surface area contributed by atoms with Crippen molar-refractivity contribution in [2.75, 3.05) is 5.32 Å². The highest BCUT2D eigenvalue weighted by molar-refractivity contribution is 5.94. The van der Waals surface area contributed by atoms with Crippen molar-refractivity contribution in [3.05, 3.63) is 22.9 Å². The van der Waals surface area contributed by atoms with Gasteiger partial charge in [0, 0.05) is 11.7 Å². The summed E-state index contributed by atoms with van der Waals surface area (Å²) < 4.78 is 0. The summed E-state index contributed by atoms with van der Waals surface area (Å²) in [6.45, 7) is 10.1. The third kappa shape index (κ3) is 3.69. The van der Waals surface area contributed by atoms with Crippen LogP contribution in [0.5, 0.6) is 0 Å². The van der Waals surface area contributed by atoms with Gasteiger partial charge in [0.1, 0.15) is 11.4 Å². The van der Waals surface area contributed by atoms with E-state index in [4.69, 9.17) is 0 Å². The molecule has 0 radical (unpaired) electrons. The first-order chi connectivity index (χ1) is 8.90. The topological polar surface area (TPSA) is 62.2 Å². The molecule has 0 aliphatic heterocycles. The maximum Gasteiger partial charge on any atom is 0.339 e. The molecular weight excluding hydrogens is 240 g/mol. The zero-order valence-corrected chi connectivity index (χ0v) is 12.4. The molecule has 106 valence electrons. The second kappa shape index (κ2) is 6.55. The van der Waals surface area contributed by atoms with Crippen LogP contribution in [0.2, 0.25) is 0 Å². The summed E-state index contributed by atoms with van der Waals surface area (Å²) in [5.74, 6) is 0.0814. The summed E-state index contributed by atoms with van der Waals surface area (Å²) >= 11 is 0. The van der Waals surface area contributed by atoms with E-state index in [1.165, 1.54) is 0 Å². The minimum Gasteiger partial charge on any atom is -0.478 e. The first-order valence-corrected chi connectivity index (χ1v) is 6.88. The second-order valence-corrected chi connectivity index (χ2v) is 5.12. The summed E-state index contributed by atoms with van der Waals surface area (Å²) in [7, 11) is 0. The molecule has 19 heavy (non-hydrogen) atoms. The molecule has 0 aliphatic rings. The Balaban J connectivity index is 3.09. The van der Waals surface area contributed by atoms with E-state index in [1.807, 2.05) is 13.8 Å². The number of hydrogen-bond donors (Lipinski definition) is 2. The molecule has 0 bridgehead atoms. The fraction of sp³-hybridized carbons (Fsp3) is 0.600. The van der Waals surface area contributed by atoms with Crippen LogP contribution in [0.1, 0.15) is 55.2 Å². The average Bonchev–Trinajstić information content (AvgIpc) is 2.28. The highest BCUT2D eigenvalue weighted by Gasteiger charge is 2.20. The Hall–Kier alpha value is -1.58. The molecule has 1 aromatic heterocycles. The van der Waals surface area contributed by atoms with Crippen LogP contribution in [-0.4, -0.2) is 22.1 Å². The van der Waals surface area contributed by atoms with Crippen LogP contribution in [0, 0.1) is 19.8 Å². The van der Waals surface area contributed by atoms with E-state index in [-0.39, 0.29) is 11.6 Å². The zero-order valence-electron chi connectivity index (χ0n) is 12.4. The predicted molar refractivity (Wildman–Crippen MR) is 77.8 cm³/mol. The Morgan fingerprint density at radius 3 is 2.42 bits per heavy atom. The van der Waals surface area contributed by atoms with Crippen LogP contribution in [0.25, 0.3) is 0 Å². The van der Waals surface area contributed by atoms with E-state index < -0.39 is 5.97 Å². The highest BCUT2D eigenvalue weighted by atomic mass is 16.4. The van der Waals surface area contributed by atoms with Crippen molar-refractivity contribution >= 4 is 11.8 Å². The van der Waals surface area contributed by atoms with Crippen molar-refractivity contribution < 1.29 is 9.90 Å². The fourth-order valence-corrected chi connectivity index (χ4v) is 2.54. The number of nitrogens with one attached hydrogen (secondary N) is 1. The molecule has 2 N–H and O–H groups in total. The van der Waals surface area contributed by atoms with Crippen LogP contribution < -0.4 is 5.32 Å². The Bertz CT molecular complexity index is 454. The van der Waals surface area contributed by atoms with Crippen LogP contribution >= 0.6 is 0 Å². The molecule has 1 rings (SSSR count). The summed E-state index contributed by atoms with van der Waals surface area (Å²) in [4.78, 5) is 15.7. The van der Waals surface area contributed by atoms with E-state index in [1.54, 1.807) is 6.07 Å².